The van der Waals surface area contributed by atoms with E-state index in [2.05, 4.69) is 15.6 Å². The Morgan fingerprint density at radius 3 is 2.94 bits per heavy atom. The zero-order valence-electron chi connectivity index (χ0n) is 10.3. The van der Waals surface area contributed by atoms with Crippen molar-refractivity contribution in [2.75, 3.05) is 13.2 Å². The van der Waals surface area contributed by atoms with Crippen LogP contribution in [0.5, 0.6) is 0 Å². The standard InChI is InChI=1S/C13H18N2O2/c1-3-16-11(2)17-9-8-15-10-14-12-6-4-5-7-13(12)15/h4-7,10-11H,3,8-9H2,1-2H3. The van der Waals surface area contributed by atoms with Gasteiger partial charge in [0.05, 0.1) is 24.0 Å². The van der Waals surface area contributed by atoms with Crippen LogP contribution in [0.2, 0.25) is 0 Å². The average molecular weight is 234 g/mol. The highest BCUT2D eigenvalue weighted by Gasteiger charge is 2.03. The highest BCUT2D eigenvalue weighted by Crippen LogP contribution is 2.11. The van der Waals surface area contributed by atoms with Gasteiger partial charge in [-0.05, 0) is 26.0 Å². The molecule has 0 spiro atoms. The lowest BCUT2D eigenvalue weighted by atomic mass is 10.3. The first-order valence-electron chi connectivity index (χ1n) is 5.94. The molecule has 0 bridgehead atoms. The van der Waals surface area contributed by atoms with Gasteiger partial charge in [-0.3, -0.25) is 0 Å². The van der Waals surface area contributed by atoms with E-state index in [0.29, 0.717) is 13.2 Å². The van der Waals surface area contributed by atoms with Gasteiger partial charge in [0, 0.05) is 13.2 Å². The van der Waals surface area contributed by atoms with Crippen LogP contribution in [0.25, 0.3) is 11.0 Å². The van der Waals surface area contributed by atoms with Crippen molar-refractivity contribution in [1.82, 2.24) is 9.55 Å². The van der Waals surface area contributed by atoms with E-state index >= 15 is 0 Å². The van der Waals surface area contributed by atoms with Crippen LogP contribution in [0, 0.1) is 0 Å². The summed E-state index contributed by atoms with van der Waals surface area (Å²) in [6, 6.07) is 8.08. The Morgan fingerprint density at radius 2 is 2.12 bits per heavy atom. The number of nitrogens with zero attached hydrogens (tertiary/aromatic N) is 2. The van der Waals surface area contributed by atoms with Crippen molar-refractivity contribution in [3.8, 4) is 0 Å². The summed E-state index contributed by atoms with van der Waals surface area (Å²) >= 11 is 0. The molecule has 0 aliphatic heterocycles. The van der Waals surface area contributed by atoms with Crippen LogP contribution >= 0.6 is 0 Å². The predicted molar refractivity (Wildman–Crippen MR) is 66.8 cm³/mol. The smallest absolute Gasteiger partial charge is 0.154 e. The van der Waals surface area contributed by atoms with E-state index in [0.717, 1.165) is 17.6 Å². The van der Waals surface area contributed by atoms with Gasteiger partial charge >= 0.3 is 0 Å². The number of rotatable bonds is 6. The van der Waals surface area contributed by atoms with Gasteiger partial charge in [-0.2, -0.15) is 0 Å². The van der Waals surface area contributed by atoms with Gasteiger partial charge in [-0.15, -0.1) is 0 Å². The monoisotopic (exact) mass is 234 g/mol. The minimum absolute atomic E-state index is 0.144. The van der Waals surface area contributed by atoms with Crippen LogP contribution in [-0.2, 0) is 16.0 Å². The van der Waals surface area contributed by atoms with Crippen LogP contribution in [0.1, 0.15) is 13.8 Å². The normalized spacial score (nSPS) is 13.1. The van der Waals surface area contributed by atoms with E-state index in [1.54, 1.807) is 0 Å². The van der Waals surface area contributed by atoms with Crippen LogP contribution in [-0.4, -0.2) is 29.1 Å². The quantitative estimate of drug-likeness (QED) is 0.720. The highest BCUT2D eigenvalue weighted by molar-refractivity contribution is 5.74. The first kappa shape index (κ1) is 12.1. The van der Waals surface area contributed by atoms with Gasteiger partial charge in [0.2, 0.25) is 0 Å². The second kappa shape index (κ2) is 5.80. The Kier molecular flexibility index (Phi) is 4.12. The molecular formula is C13H18N2O2. The minimum Gasteiger partial charge on any atom is -0.353 e. The van der Waals surface area contributed by atoms with Gasteiger partial charge in [0.25, 0.3) is 0 Å². The topological polar surface area (TPSA) is 36.3 Å². The summed E-state index contributed by atoms with van der Waals surface area (Å²) in [4.78, 5) is 4.33. The molecule has 4 heteroatoms. The molecule has 0 saturated heterocycles. The summed E-state index contributed by atoms with van der Waals surface area (Å²) in [7, 11) is 0. The third-order valence-electron chi connectivity index (χ3n) is 2.61. The summed E-state index contributed by atoms with van der Waals surface area (Å²) in [5.74, 6) is 0. The SMILES string of the molecule is CCOC(C)OCCn1cnc2ccccc21. The molecule has 1 aromatic carbocycles. The van der Waals surface area contributed by atoms with Crippen molar-refractivity contribution in [1.29, 1.82) is 0 Å². The largest absolute Gasteiger partial charge is 0.353 e. The second-order valence-electron chi connectivity index (χ2n) is 3.82. The zero-order valence-corrected chi connectivity index (χ0v) is 10.3. The Bertz CT molecular complexity index is 467. The summed E-state index contributed by atoms with van der Waals surface area (Å²) in [6.07, 6.45) is 1.70. The van der Waals surface area contributed by atoms with Gasteiger partial charge < -0.3 is 14.0 Å². The van der Waals surface area contributed by atoms with Crippen molar-refractivity contribution < 1.29 is 9.47 Å². The maximum atomic E-state index is 5.53. The molecule has 1 unspecified atom stereocenters. The highest BCUT2D eigenvalue weighted by atomic mass is 16.7. The Balaban J connectivity index is 1.91. The van der Waals surface area contributed by atoms with E-state index in [-0.39, 0.29) is 6.29 Å². The maximum absolute atomic E-state index is 5.53. The summed E-state index contributed by atoms with van der Waals surface area (Å²) in [5, 5.41) is 0. The molecule has 2 rings (SSSR count). The molecule has 92 valence electrons. The third kappa shape index (κ3) is 3.05. The average Bonchev–Trinajstić information content (AvgIpc) is 2.73. The number of ether oxygens (including phenoxy) is 2. The molecule has 0 saturated carbocycles. The number of hydrogen-bond acceptors (Lipinski definition) is 3. The molecule has 0 fully saturated rings. The predicted octanol–water partition coefficient (Wildman–Crippen LogP) is 2.44. The number of benzene rings is 1. The van der Waals surface area contributed by atoms with Gasteiger partial charge in [-0.25, -0.2) is 4.98 Å². The maximum Gasteiger partial charge on any atom is 0.154 e. The molecule has 0 N–H and O–H groups in total. The summed E-state index contributed by atoms with van der Waals surface area (Å²) < 4.78 is 12.9. The number of aromatic nitrogens is 2. The van der Waals surface area contributed by atoms with Crippen LogP contribution < -0.4 is 0 Å². The van der Waals surface area contributed by atoms with Gasteiger partial charge in [-0.1, -0.05) is 12.1 Å². The second-order valence-corrected chi connectivity index (χ2v) is 3.82. The van der Waals surface area contributed by atoms with Crippen molar-refractivity contribution in [2.24, 2.45) is 0 Å². The van der Waals surface area contributed by atoms with Crippen LogP contribution in [0.4, 0.5) is 0 Å². The Hall–Kier alpha value is -1.39. The van der Waals surface area contributed by atoms with E-state index < -0.39 is 0 Å². The van der Waals surface area contributed by atoms with Gasteiger partial charge in [0.1, 0.15) is 0 Å². The Labute approximate surface area is 101 Å². The molecule has 0 amide bonds. The lowest BCUT2D eigenvalue weighted by Gasteiger charge is -2.13. The first-order chi connectivity index (χ1) is 8.31. The van der Waals surface area contributed by atoms with Crippen molar-refractivity contribution in [2.45, 2.75) is 26.7 Å². The number of hydrogen-bond donors (Lipinski definition) is 0. The van der Waals surface area contributed by atoms with Crippen molar-refractivity contribution in [3.63, 3.8) is 0 Å². The van der Waals surface area contributed by atoms with Crippen molar-refractivity contribution >= 4 is 11.0 Å². The molecule has 0 aliphatic carbocycles. The fraction of sp³-hybridized carbons (Fsp3) is 0.462. The lowest BCUT2D eigenvalue weighted by molar-refractivity contribution is -0.128. The van der Waals surface area contributed by atoms with E-state index in [1.807, 2.05) is 38.4 Å². The number of para-hydroxylation sites is 2. The van der Waals surface area contributed by atoms with Gasteiger partial charge in [0.15, 0.2) is 6.29 Å². The molecule has 1 heterocycles. The molecule has 17 heavy (non-hydrogen) atoms. The van der Waals surface area contributed by atoms with Crippen LogP contribution in [0.3, 0.4) is 0 Å². The minimum atomic E-state index is -0.144. The Morgan fingerprint density at radius 1 is 1.29 bits per heavy atom. The van der Waals surface area contributed by atoms with E-state index in [1.165, 1.54) is 0 Å². The molecule has 0 aliphatic rings. The van der Waals surface area contributed by atoms with Crippen LogP contribution in [0.15, 0.2) is 30.6 Å². The number of fused-ring (bicyclic) bond motifs is 1. The molecule has 2 aromatic rings. The first-order valence-corrected chi connectivity index (χ1v) is 5.94. The molecule has 0 radical (unpaired) electrons. The number of imidazole rings is 1. The molecule has 1 aromatic heterocycles. The fourth-order valence-corrected chi connectivity index (χ4v) is 1.79. The van der Waals surface area contributed by atoms with Crippen molar-refractivity contribution in [3.05, 3.63) is 30.6 Å². The summed E-state index contributed by atoms with van der Waals surface area (Å²) in [5.41, 5.74) is 2.16. The molecule has 1 atom stereocenters. The lowest BCUT2D eigenvalue weighted by Crippen LogP contribution is -2.16. The fourth-order valence-electron chi connectivity index (χ4n) is 1.79. The molecule has 4 nitrogen and oxygen atoms in total. The third-order valence-corrected chi connectivity index (χ3v) is 2.61. The zero-order chi connectivity index (χ0) is 12.1. The summed E-state index contributed by atoms with van der Waals surface area (Å²) in [6.45, 7) is 5.97. The molecular weight excluding hydrogens is 216 g/mol. The van der Waals surface area contributed by atoms with E-state index in [4.69, 9.17) is 9.47 Å². The van der Waals surface area contributed by atoms with E-state index in [9.17, 15) is 0 Å².